The highest BCUT2D eigenvalue weighted by Crippen LogP contribution is 2.16. The summed E-state index contributed by atoms with van der Waals surface area (Å²) >= 11 is 0. The number of benzene rings is 1. The normalized spacial score (nSPS) is 22.1. The Bertz CT molecular complexity index is 341. The van der Waals surface area contributed by atoms with Gasteiger partial charge in [0.25, 0.3) is 0 Å². The average Bonchev–Trinajstić information content (AvgIpc) is 2.89. The molecule has 1 saturated heterocycles. The van der Waals surface area contributed by atoms with E-state index >= 15 is 0 Å². The van der Waals surface area contributed by atoms with Gasteiger partial charge < -0.3 is 10.1 Å². The fraction of sp³-hybridized carbons (Fsp3) is 0.467. The minimum Gasteiger partial charge on any atom is -0.381 e. The van der Waals surface area contributed by atoms with Crippen LogP contribution in [0.25, 0.3) is 6.08 Å². The van der Waals surface area contributed by atoms with Crippen LogP contribution < -0.4 is 5.32 Å². The van der Waals surface area contributed by atoms with Crippen LogP contribution in [0.5, 0.6) is 0 Å². The Morgan fingerprint density at radius 1 is 1.41 bits per heavy atom. The lowest BCUT2D eigenvalue weighted by molar-refractivity contribution is 0.179. The summed E-state index contributed by atoms with van der Waals surface area (Å²) in [5.74, 6) is 0.681. The second kappa shape index (κ2) is 6.58. The Hall–Kier alpha value is -1.12. The first kappa shape index (κ1) is 12.3. The van der Waals surface area contributed by atoms with Crippen LogP contribution in [-0.2, 0) is 4.74 Å². The molecule has 0 saturated carbocycles. The van der Waals surface area contributed by atoms with Gasteiger partial charge in [-0.3, -0.25) is 0 Å². The van der Waals surface area contributed by atoms with Gasteiger partial charge in [-0.15, -0.1) is 0 Å². The number of rotatable bonds is 5. The van der Waals surface area contributed by atoms with Crippen LogP contribution in [0.1, 0.15) is 18.9 Å². The first-order chi connectivity index (χ1) is 8.36. The van der Waals surface area contributed by atoms with Crippen LogP contribution in [0.3, 0.4) is 0 Å². The molecule has 1 aliphatic heterocycles. The van der Waals surface area contributed by atoms with E-state index < -0.39 is 0 Å². The molecule has 1 aromatic rings. The van der Waals surface area contributed by atoms with Crippen molar-refractivity contribution < 1.29 is 4.74 Å². The molecule has 0 bridgehead atoms. The van der Waals surface area contributed by atoms with Gasteiger partial charge in [0.1, 0.15) is 0 Å². The van der Waals surface area contributed by atoms with Crippen molar-refractivity contribution >= 4 is 6.08 Å². The second-order valence-corrected chi connectivity index (χ2v) is 4.63. The number of nitrogens with one attached hydrogen (secondary N) is 1. The molecular weight excluding hydrogens is 210 g/mol. The number of hydrogen-bond acceptors (Lipinski definition) is 2. The van der Waals surface area contributed by atoms with Gasteiger partial charge in [0.2, 0.25) is 0 Å². The molecule has 1 fully saturated rings. The predicted octanol–water partition coefficient (Wildman–Crippen LogP) is 2.71. The Morgan fingerprint density at radius 3 is 2.94 bits per heavy atom. The fourth-order valence-electron chi connectivity index (χ4n) is 2.13. The zero-order valence-electron chi connectivity index (χ0n) is 10.4. The Labute approximate surface area is 104 Å². The van der Waals surface area contributed by atoms with Gasteiger partial charge >= 0.3 is 0 Å². The van der Waals surface area contributed by atoms with Crippen molar-refractivity contribution in [3.8, 4) is 0 Å². The lowest BCUT2D eigenvalue weighted by atomic mass is 10.0. The summed E-state index contributed by atoms with van der Waals surface area (Å²) in [4.78, 5) is 0. The van der Waals surface area contributed by atoms with Crippen molar-refractivity contribution in [1.29, 1.82) is 0 Å². The molecule has 1 aromatic carbocycles. The Balaban J connectivity index is 1.70. The third kappa shape index (κ3) is 3.99. The lowest BCUT2D eigenvalue weighted by Crippen LogP contribution is -2.33. The maximum Gasteiger partial charge on any atom is 0.0509 e. The van der Waals surface area contributed by atoms with Crippen LogP contribution in [0.2, 0.25) is 0 Å². The third-order valence-electron chi connectivity index (χ3n) is 3.34. The van der Waals surface area contributed by atoms with E-state index in [0.717, 1.165) is 19.8 Å². The van der Waals surface area contributed by atoms with Crippen molar-refractivity contribution in [2.24, 2.45) is 5.92 Å². The molecule has 2 rings (SSSR count). The van der Waals surface area contributed by atoms with Gasteiger partial charge in [0, 0.05) is 19.2 Å². The van der Waals surface area contributed by atoms with Crippen LogP contribution in [0, 0.1) is 5.92 Å². The summed E-state index contributed by atoms with van der Waals surface area (Å²) in [7, 11) is 0. The van der Waals surface area contributed by atoms with E-state index in [-0.39, 0.29) is 0 Å². The number of hydrogen-bond donors (Lipinski definition) is 1. The molecule has 0 radical (unpaired) electrons. The van der Waals surface area contributed by atoms with Gasteiger partial charge in [-0.05, 0) is 24.8 Å². The smallest absolute Gasteiger partial charge is 0.0509 e. The van der Waals surface area contributed by atoms with Crippen molar-refractivity contribution in [2.75, 3.05) is 19.8 Å². The summed E-state index contributed by atoms with van der Waals surface area (Å²) < 4.78 is 5.40. The molecule has 2 heteroatoms. The maximum atomic E-state index is 5.40. The van der Waals surface area contributed by atoms with Gasteiger partial charge in [-0.25, -0.2) is 0 Å². The Morgan fingerprint density at radius 2 is 2.24 bits per heavy atom. The van der Waals surface area contributed by atoms with E-state index in [9.17, 15) is 0 Å². The highest BCUT2D eigenvalue weighted by Gasteiger charge is 2.21. The molecule has 92 valence electrons. The summed E-state index contributed by atoms with van der Waals surface area (Å²) in [6, 6.07) is 10.9. The Kier molecular flexibility index (Phi) is 4.77. The number of ether oxygens (including phenoxy) is 1. The van der Waals surface area contributed by atoms with Gasteiger partial charge in [-0.1, -0.05) is 42.5 Å². The molecule has 1 N–H and O–H groups in total. The van der Waals surface area contributed by atoms with Crippen LogP contribution in [0.15, 0.2) is 36.4 Å². The predicted molar refractivity (Wildman–Crippen MR) is 71.9 cm³/mol. The molecule has 1 heterocycles. The molecule has 1 aliphatic rings. The molecule has 2 atom stereocenters. The third-order valence-corrected chi connectivity index (χ3v) is 3.34. The van der Waals surface area contributed by atoms with Gasteiger partial charge in [-0.2, -0.15) is 0 Å². The van der Waals surface area contributed by atoms with Gasteiger partial charge in [0.15, 0.2) is 0 Å². The van der Waals surface area contributed by atoms with Crippen LogP contribution >= 0.6 is 0 Å². The minimum atomic E-state index is 0.540. The molecule has 17 heavy (non-hydrogen) atoms. The van der Waals surface area contributed by atoms with E-state index in [1.807, 2.05) is 6.07 Å². The monoisotopic (exact) mass is 231 g/mol. The van der Waals surface area contributed by atoms with Crippen molar-refractivity contribution in [2.45, 2.75) is 19.4 Å². The van der Waals surface area contributed by atoms with E-state index in [0.29, 0.717) is 12.0 Å². The van der Waals surface area contributed by atoms with Gasteiger partial charge in [0.05, 0.1) is 6.61 Å². The van der Waals surface area contributed by atoms with E-state index in [1.54, 1.807) is 0 Å². The highest BCUT2D eigenvalue weighted by molar-refractivity contribution is 5.48. The standard InChI is InChI=1S/C15H21NO/c1-13(15-9-11-17-12-15)16-10-5-8-14-6-3-2-4-7-14/h2-8,13,15-16H,9-12H2,1H3/b8-5+. The summed E-state index contributed by atoms with van der Waals surface area (Å²) in [5, 5.41) is 3.53. The van der Waals surface area contributed by atoms with Crippen molar-refractivity contribution in [3.05, 3.63) is 42.0 Å². The fourth-order valence-corrected chi connectivity index (χ4v) is 2.13. The minimum absolute atomic E-state index is 0.540. The topological polar surface area (TPSA) is 21.3 Å². The summed E-state index contributed by atoms with van der Waals surface area (Å²) in [6.45, 7) is 5.01. The molecule has 0 amide bonds. The zero-order valence-corrected chi connectivity index (χ0v) is 10.4. The SMILES string of the molecule is CC(NC/C=C/c1ccccc1)C1CCOC1. The van der Waals surface area contributed by atoms with Crippen molar-refractivity contribution in [1.82, 2.24) is 5.32 Å². The van der Waals surface area contributed by atoms with E-state index in [4.69, 9.17) is 4.74 Å². The van der Waals surface area contributed by atoms with Crippen LogP contribution in [-0.4, -0.2) is 25.8 Å². The largest absolute Gasteiger partial charge is 0.381 e. The lowest BCUT2D eigenvalue weighted by Gasteiger charge is -2.17. The molecule has 0 spiro atoms. The van der Waals surface area contributed by atoms with Crippen molar-refractivity contribution in [3.63, 3.8) is 0 Å². The average molecular weight is 231 g/mol. The van der Waals surface area contributed by atoms with E-state index in [2.05, 4.69) is 48.7 Å². The zero-order chi connectivity index (χ0) is 11.9. The molecule has 2 nitrogen and oxygen atoms in total. The maximum absolute atomic E-state index is 5.40. The molecule has 0 aliphatic carbocycles. The molecule has 0 aromatic heterocycles. The first-order valence-electron chi connectivity index (χ1n) is 6.39. The highest BCUT2D eigenvalue weighted by atomic mass is 16.5. The summed E-state index contributed by atoms with van der Waals surface area (Å²) in [6.07, 6.45) is 5.53. The molecular formula is C15H21NO. The van der Waals surface area contributed by atoms with Crippen LogP contribution in [0.4, 0.5) is 0 Å². The summed E-state index contributed by atoms with van der Waals surface area (Å²) in [5.41, 5.74) is 1.26. The quantitative estimate of drug-likeness (QED) is 0.841. The first-order valence-corrected chi connectivity index (χ1v) is 6.39. The second-order valence-electron chi connectivity index (χ2n) is 4.63. The molecule has 2 unspecified atom stereocenters. The van der Waals surface area contributed by atoms with E-state index in [1.165, 1.54) is 12.0 Å².